The van der Waals surface area contributed by atoms with E-state index in [9.17, 15) is 13.2 Å². The molecule has 32 heavy (non-hydrogen) atoms. The summed E-state index contributed by atoms with van der Waals surface area (Å²) < 4.78 is 41.0. The first kappa shape index (κ1) is 23.4. The molecule has 1 heterocycles. The summed E-state index contributed by atoms with van der Waals surface area (Å²) in [6.07, 6.45) is 8.33. The predicted octanol–water partition coefficient (Wildman–Crippen LogP) is 4.21. The predicted molar refractivity (Wildman–Crippen MR) is 120 cm³/mol. The van der Waals surface area contributed by atoms with Gasteiger partial charge in [0.25, 0.3) is 10.1 Å². The first-order chi connectivity index (χ1) is 15.2. The van der Waals surface area contributed by atoms with E-state index in [0.717, 1.165) is 44.0 Å². The molecule has 174 valence electrons. The van der Waals surface area contributed by atoms with Crippen LogP contribution in [0.25, 0.3) is 0 Å². The number of ketones is 1. The van der Waals surface area contributed by atoms with Crippen molar-refractivity contribution in [1.29, 1.82) is 0 Å². The highest BCUT2D eigenvalue weighted by Crippen LogP contribution is 2.65. The number of fused-ring (bicyclic) bond motifs is 3. The van der Waals surface area contributed by atoms with Gasteiger partial charge in [0.15, 0.2) is 5.79 Å². The quantitative estimate of drug-likeness (QED) is 0.537. The van der Waals surface area contributed by atoms with E-state index in [0.29, 0.717) is 35.4 Å². The summed E-state index contributed by atoms with van der Waals surface area (Å²) in [4.78, 5) is 10.9. The molecule has 1 spiro atoms. The van der Waals surface area contributed by atoms with Crippen LogP contribution in [0, 0.1) is 42.4 Å². The lowest BCUT2D eigenvalue weighted by molar-refractivity contribution is -0.169. The summed E-state index contributed by atoms with van der Waals surface area (Å²) in [7, 11) is -4.02. The molecule has 7 heteroatoms. The van der Waals surface area contributed by atoms with Crippen LogP contribution in [-0.2, 0) is 24.4 Å². The monoisotopic (exact) mass is 460 g/mol. The Morgan fingerprint density at radius 1 is 1.03 bits per heavy atom. The van der Waals surface area contributed by atoms with Crippen molar-refractivity contribution in [3.63, 3.8) is 0 Å². The lowest BCUT2D eigenvalue weighted by atomic mass is 10.1. The Labute approximate surface area is 190 Å². The van der Waals surface area contributed by atoms with Crippen molar-refractivity contribution in [3.05, 3.63) is 55.1 Å². The van der Waals surface area contributed by atoms with Crippen molar-refractivity contribution in [1.82, 2.24) is 0 Å². The van der Waals surface area contributed by atoms with Gasteiger partial charge in [-0.1, -0.05) is 29.8 Å². The molecule has 4 saturated carbocycles. The summed E-state index contributed by atoms with van der Waals surface area (Å²) in [5, 5.41) is 0. The van der Waals surface area contributed by atoms with E-state index >= 15 is 0 Å². The number of hydrogen-bond acceptors (Lipinski definition) is 5. The zero-order valence-electron chi connectivity index (χ0n) is 18.5. The van der Waals surface area contributed by atoms with Gasteiger partial charge in [-0.25, -0.2) is 0 Å². The Bertz CT molecular complexity index is 971. The first-order valence-corrected chi connectivity index (χ1v) is 12.8. The Kier molecular flexibility index (Phi) is 6.47. The summed E-state index contributed by atoms with van der Waals surface area (Å²) in [6.45, 7) is 10.9. The zero-order chi connectivity index (χ0) is 23.1. The molecule has 6 rings (SSSR count). The lowest BCUT2D eigenvalue weighted by Crippen LogP contribution is -2.31. The third-order valence-corrected chi connectivity index (χ3v) is 8.40. The van der Waals surface area contributed by atoms with Gasteiger partial charge in [-0.2, -0.15) is 8.42 Å². The van der Waals surface area contributed by atoms with Crippen molar-refractivity contribution >= 4 is 15.9 Å². The Balaban J connectivity index is 0.000000116. The van der Waals surface area contributed by atoms with Gasteiger partial charge in [-0.15, -0.1) is 13.2 Å². The van der Waals surface area contributed by atoms with Crippen molar-refractivity contribution < 1.29 is 27.2 Å². The van der Waals surface area contributed by atoms with Gasteiger partial charge in [0, 0.05) is 24.7 Å². The zero-order valence-corrected chi connectivity index (χ0v) is 19.3. The van der Waals surface area contributed by atoms with E-state index in [1.54, 1.807) is 12.1 Å². The van der Waals surface area contributed by atoms with Gasteiger partial charge >= 0.3 is 0 Å². The second-order valence-electron chi connectivity index (χ2n) is 9.35. The standard InChI is InChI=1S/C10H14O2.C8H10O.C7H8O3S/c1-2-7-8-3-4-10(9(7)8)11-5-6-12-10;1-2-5-6-3-4-7(9)8(5)6;1-6-2-4-7(5-3-6)11(8,9)10/h2,7-9H,1,3-6H2;2,5-6,8H,1,3-4H2;2-5H,1H3,(H,8,9,10)/t7-,8+,9-;5-,6+,8-;/m00./s1. The van der Waals surface area contributed by atoms with Crippen LogP contribution in [0.3, 0.4) is 0 Å². The minimum Gasteiger partial charge on any atom is -0.347 e. The van der Waals surface area contributed by atoms with Gasteiger partial charge in [0.2, 0.25) is 0 Å². The van der Waals surface area contributed by atoms with Gasteiger partial charge in [-0.05, 0) is 55.6 Å². The molecular weight excluding hydrogens is 428 g/mol. The second-order valence-corrected chi connectivity index (χ2v) is 10.8. The molecule has 5 fully saturated rings. The van der Waals surface area contributed by atoms with E-state index in [4.69, 9.17) is 14.0 Å². The molecule has 1 aromatic carbocycles. The fraction of sp³-hybridized carbons (Fsp3) is 0.560. The number of allylic oxidation sites excluding steroid dienone is 2. The third-order valence-electron chi connectivity index (χ3n) is 7.53. The summed E-state index contributed by atoms with van der Waals surface area (Å²) >= 11 is 0. The molecule has 1 N–H and O–H groups in total. The van der Waals surface area contributed by atoms with Gasteiger partial charge in [0.1, 0.15) is 5.78 Å². The van der Waals surface area contributed by atoms with Crippen molar-refractivity contribution in [2.24, 2.45) is 35.5 Å². The molecule has 1 saturated heterocycles. The minimum atomic E-state index is -4.02. The number of hydrogen-bond donors (Lipinski definition) is 1. The molecule has 0 bridgehead atoms. The third kappa shape index (κ3) is 4.49. The molecule has 1 aliphatic heterocycles. The first-order valence-electron chi connectivity index (χ1n) is 11.3. The van der Waals surface area contributed by atoms with Crippen LogP contribution in [0.2, 0.25) is 0 Å². The van der Waals surface area contributed by atoms with Crippen LogP contribution >= 0.6 is 0 Å². The number of ether oxygens (including phenoxy) is 2. The Morgan fingerprint density at radius 3 is 2.09 bits per heavy atom. The normalized spacial score (nSPS) is 35.0. The Hall–Kier alpha value is -1.80. The van der Waals surface area contributed by atoms with Gasteiger partial charge < -0.3 is 9.47 Å². The van der Waals surface area contributed by atoms with Crippen LogP contribution in [0.15, 0.2) is 54.5 Å². The van der Waals surface area contributed by atoms with Crippen LogP contribution in [0.5, 0.6) is 0 Å². The van der Waals surface area contributed by atoms with Crippen molar-refractivity contribution in [2.45, 2.75) is 43.3 Å². The van der Waals surface area contributed by atoms with Crippen LogP contribution < -0.4 is 0 Å². The number of aryl methyl sites for hydroxylation is 1. The number of rotatable bonds is 3. The maximum atomic E-state index is 10.9. The molecule has 6 nitrogen and oxygen atoms in total. The van der Waals surface area contributed by atoms with Crippen molar-refractivity contribution in [2.75, 3.05) is 13.2 Å². The van der Waals surface area contributed by atoms with Crippen LogP contribution in [-0.4, -0.2) is 37.8 Å². The summed E-state index contributed by atoms with van der Waals surface area (Å²) in [5.41, 5.74) is 0.956. The smallest absolute Gasteiger partial charge is 0.294 e. The Morgan fingerprint density at radius 2 is 1.66 bits per heavy atom. The van der Waals surface area contributed by atoms with Crippen LogP contribution in [0.4, 0.5) is 0 Å². The second kappa shape index (κ2) is 8.86. The van der Waals surface area contributed by atoms with Crippen LogP contribution in [0.1, 0.15) is 31.2 Å². The molecule has 0 aromatic heterocycles. The lowest BCUT2D eigenvalue weighted by Gasteiger charge is -2.24. The average molecular weight is 461 g/mol. The molecule has 4 aliphatic carbocycles. The SMILES string of the molecule is C=C[C@H]1[C@H]2CCC(=O)[C@@H]12.C=C[C@H]1[C@H]2CCC3(OCCO3)[C@@H]12.Cc1ccc(S(=O)(=O)O)cc1. The topological polar surface area (TPSA) is 89.9 Å². The number of benzene rings is 1. The molecule has 0 unspecified atom stereocenters. The maximum Gasteiger partial charge on any atom is 0.294 e. The fourth-order valence-electron chi connectivity index (χ4n) is 5.79. The summed E-state index contributed by atoms with van der Waals surface area (Å²) in [5.74, 6) is 4.10. The van der Waals surface area contributed by atoms with E-state index in [2.05, 4.69) is 19.2 Å². The highest BCUT2D eigenvalue weighted by atomic mass is 32.2. The number of carbonyl (C=O) groups is 1. The number of Topliss-reactive ketones (excluding diaryl/α,β-unsaturated/α-hetero) is 1. The van der Waals surface area contributed by atoms with E-state index in [1.165, 1.54) is 18.6 Å². The van der Waals surface area contributed by atoms with Crippen molar-refractivity contribution in [3.8, 4) is 0 Å². The summed E-state index contributed by atoms with van der Waals surface area (Å²) in [6, 6.07) is 5.99. The fourth-order valence-corrected chi connectivity index (χ4v) is 6.27. The molecule has 6 atom stereocenters. The van der Waals surface area contributed by atoms with Gasteiger partial charge in [-0.3, -0.25) is 9.35 Å². The molecule has 0 radical (unpaired) electrons. The van der Waals surface area contributed by atoms with E-state index in [-0.39, 0.29) is 10.7 Å². The average Bonchev–Trinajstić information content (AvgIpc) is 3.47. The van der Waals surface area contributed by atoms with Gasteiger partial charge in [0.05, 0.1) is 18.1 Å². The largest absolute Gasteiger partial charge is 0.347 e. The number of carbonyl (C=O) groups excluding carboxylic acids is 1. The molecule has 5 aliphatic rings. The maximum absolute atomic E-state index is 10.9. The van der Waals surface area contributed by atoms with E-state index in [1.807, 2.05) is 13.0 Å². The minimum absolute atomic E-state index is 0.0666. The molecule has 0 amide bonds. The highest BCUT2D eigenvalue weighted by Gasteiger charge is 2.67. The highest BCUT2D eigenvalue weighted by molar-refractivity contribution is 7.85. The molecule has 1 aromatic rings. The van der Waals surface area contributed by atoms with E-state index < -0.39 is 10.1 Å². The molecular formula is C25H32O6S.